The first-order valence-corrected chi connectivity index (χ1v) is 7.97. The molecule has 1 saturated carbocycles. The van der Waals surface area contributed by atoms with Crippen LogP contribution in [-0.4, -0.2) is 13.0 Å². The molecule has 4 heteroatoms. The van der Waals surface area contributed by atoms with Gasteiger partial charge in [0.1, 0.15) is 5.75 Å². The Balaban J connectivity index is 1.51. The molecular formula is C19H20N2O2. The molecule has 1 amide bonds. The van der Waals surface area contributed by atoms with E-state index in [4.69, 9.17) is 10.5 Å². The lowest BCUT2D eigenvalue weighted by molar-refractivity contribution is -0.117. The number of hydrogen-bond donors (Lipinski definition) is 2. The normalized spacial score (nSPS) is 24.3. The number of nitrogen functional groups attached to an aromatic ring is 1. The topological polar surface area (TPSA) is 64.3 Å². The zero-order valence-corrected chi connectivity index (χ0v) is 13.1. The second-order valence-electron chi connectivity index (χ2n) is 6.52. The van der Waals surface area contributed by atoms with Gasteiger partial charge >= 0.3 is 0 Å². The zero-order chi connectivity index (χ0) is 16.0. The first-order chi connectivity index (χ1) is 11.1. The minimum atomic E-state index is 0.0643. The van der Waals surface area contributed by atoms with Crippen LogP contribution >= 0.6 is 0 Å². The molecule has 2 aliphatic rings. The van der Waals surface area contributed by atoms with E-state index in [0.29, 0.717) is 11.4 Å². The Labute approximate surface area is 135 Å². The van der Waals surface area contributed by atoms with Gasteiger partial charge in [0.15, 0.2) is 0 Å². The van der Waals surface area contributed by atoms with Crippen molar-refractivity contribution >= 4 is 17.3 Å². The Kier molecular flexibility index (Phi) is 3.08. The van der Waals surface area contributed by atoms with Gasteiger partial charge in [-0.15, -0.1) is 0 Å². The smallest absolute Gasteiger partial charge is 0.228 e. The molecule has 4 nitrogen and oxygen atoms in total. The van der Waals surface area contributed by atoms with Crippen LogP contribution < -0.4 is 15.8 Å². The van der Waals surface area contributed by atoms with Crippen molar-refractivity contribution in [2.24, 2.45) is 5.92 Å². The summed E-state index contributed by atoms with van der Waals surface area (Å²) in [6.07, 6.45) is 3.10. The van der Waals surface area contributed by atoms with Gasteiger partial charge in [-0.25, -0.2) is 0 Å². The van der Waals surface area contributed by atoms with Crippen LogP contribution in [-0.2, 0) is 16.6 Å². The SMILES string of the molecule is COc1ccc(NC(=O)C2CC23CCc2ccccc23)cc1N. The maximum absolute atomic E-state index is 12.6. The molecule has 2 atom stereocenters. The lowest BCUT2D eigenvalue weighted by Crippen LogP contribution is -2.19. The third-order valence-electron chi connectivity index (χ3n) is 5.28. The van der Waals surface area contributed by atoms with Crippen LogP contribution in [0.3, 0.4) is 0 Å². The quantitative estimate of drug-likeness (QED) is 0.856. The van der Waals surface area contributed by atoms with Crippen LogP contribution in [0.15, 0.2) is 42.5 Å². The summed E-state index contributed by atoms with van der Waals surface area (Å²) in [5.41, 5.74) is 9.99. The first kappa shape index (κ1) is 14.1. The van der Waals surface area contributed by atoms with Crippen LogP contribution in [0.2, 0.25) is 0 Å². The molecule has 0 aliphatic heterocycles. The average molecular weight is 308 g/mol. The molecule has 0 radical (unpaired) electrons. The van der Waals surface area contributed by atoms with E-state index in [2.05, 4.69) is 29.6 Å². The van der Waals surface area contributed by atoms with Gasteiger partial charge in [0, 0.05) is 17.0 Å². The highest BCUT2D eigenvalue weighted by molar-refractivity contribution is 5.97. The van der Waals surface area contributed by atoms with E-state index in [0.717, 1.165) is 24.9 Å². The van der Waals surface area contributed by atoms with Crippen LogP contribution in [0, 0.1) is 5.92 Å². The van der Waals surface area contributed by atoms with Crippen LogP contribution in [0.5, 0.6) is 5.75 Å². The summed E-state index contributed by atoms with van der Waals surface area (Å²) in [6, 6.07) is 13.9. The van der Waals surface area contributed by atoms with Gasteiger partial charge in [-0.1, -0.05) is 24.3 Å². The second-order valence-corrected chi connectivity index (χ2v) is 6.52. The Hall–Kier alpha value is -2.49. The predicted molar refractivity (Wildman–Crippen MR) is 90.6 cm³/mol. The largest absolute Gasteiger partial charge is 0.495 e. The molecule has 4 rings (SSSR count). The van der Waals surface area contributed by atoms with Gasteiger partial charge < -0.3 is 15.8 Å². The Morgan fingerprint density at radius 2 is 2.13 bits per heavy atom. The number of hydrogen-bond acceptors (Lipinski definition) is 3. The van der Waals surface area contributed by atoms with Crippen molar-refractivity contribution < 1.29 is 9.53 Å². The molecule has 2 unspecified atom stereocenters. The van der Waals surface area contributed by atoms with Crippen molar-refractivity contribution in [3.8, 4) is 5.75 Å². The van der Waals surface area contributed by atoms with Crippen molar-refractivity contribution in [1.82, 2.24) is 0 Å². The van der Waals surface area contributed by atoms with Crippen molar-refractivity contribution in [1.29, 1.82) is 0 Å². The Morgan fingerprint density at radius 3 is 2.91 bits per heavy atom. The van der Waals surface area contributed by atoms with Gasteiger partial charge in [-0.05, 0) is 48.6 Å². The third-order valence-corrected chi connectivity index (χ3v) is 5.28. The second kappa shape index (κ2) is 5.01. The highest BCUT2D eigenvalue weighted by Gasteiger charge is 2.61. The third kappa shape index (κ3) is 2.17. The minimum absolute atomic E-state index is 0.0643. The number of ether oxygens (including phenoxy) is 1. The number of benzene rings is 2. The maximum atomic E-state index is 12.6. The van der Waals surface area contributed by atoms with Gasteiger partial charge in [0.25, 0.3) is 0 Å². The standard InChI is InChI=1S/C19H20N2O2/c1-23-17-7-6-13(10-16(17)20)21-18(22)15-11-19(15)9-8-12-4-2-3-5-14(12)19/h2-7,10,15H,8-9,11,20H2,1H3,(H,21,22). The van der Waals surface area contributed by atoms with Crippen molar-refractivity contribution in [3.63, 3.8) is 0 Å². The number of nitrogens with two attached hydrogens (primary N) is 1. The Bertz CT molecular complexity index is 787. The van der Waals surface area contributed by atoms with Crippen LogP contribution in [0.4, 0.5) is 11.4 Å². The fourth-order valence-corrected chi connectivity index (χ4v) is 3.98. The minimum Gasteiger partial charge on any atom is -0.495 e. The number of fused-ring (bicyclic) bond motifs is 2. The molecule has 118 valence electrons. The number of rotatable bonds is 3. The zero-order valence-electron chi connectivity index (χ0n) is 13.1. The van der Waals surface area contributed by atoms with E-state index in [1.54, 1.807) is 19.2 Å². The fraction of sp³-hybridized carbons (Fsp3) is 0.316. The van der Waals surface area contributed by atoms with Crippen LogP contribution in [0.1, 0.15) is 24.0 Å². The van der Waals surface area contributed by atoms with Gasteiger partial charge in [0.05, 0.1) is 12.8 Å². The fourth-order valence-electron chi connectivity index (χ4n) is 3.98. The Morgan fingerprint density at radius 1 is 1.30 bits per heavy atom. The number of nitrogens with one attached hydrogen (secondary N) is 1. The summed E-state index contributed by atoms with van der Waals surface area (Å²) in [4.78, 5) is 12.6. The summed E-state index contributed by atoms with van der Waals surface area (Å²) >= 11 is 0. The number of carbonyl (C=O) groups is 1. The molecule has 0 heterocycles. The summed E-state index contributed by atoms with van der Waals surface area (Å²) < 4.78 is 5.14. The predicted octanol–water partition coefficient (Wildman–Crippen LogP) is 3.12. The molecule has 0 saturated heterocycles. The number of aryl methyl sites for hydroxylation is 1. The number of amides is 1. The number of methoxy groups -OCH3 is 1. The van der Waals surface area contributed by atoms with Crippen LogP contribution in [0.25, 0.3) is 0 Å². The molecule has 1 fully saturated rings. The molecule has 0 bridgehead atoms. The van der Waals surface area contributed by atoms with E-state index in [-0.39, 0.29) is 17.2 Å². The highest BCUT2D eigenvalue weighted by Crippen LogP contribution is 2.61. The van der Waals surface area contributed by atoms with Gasteiger partial charge in [-0.2, -0.15) is 0 Å². The summed E-state index contributed by atoms with van der Waals surface area (Å²) in [6.45, 7) is 0. The molecule has 2 aromatic rings. The van der Waals surface area contributed by atoms with E-state index in [9.17, 15) is 4.79 Å². The first-order valence-electron chi connectivity index (χ1n) is 7.97. The van der Waals surface area contributed by atoms with Crippen molar-refractivity contribution in [2.45, 2.75) is 24.7 Å². The summed E-state index contributed by atoms with van der Waals surface area (Å²) in [5, 5.41) is 3.00. The summed E-state index contributed by atoms with van der Waals surface area (Å²) in [7, 11) is 1.58. The van der Waals surface area contributed by atoms with Crippen molar-refractivity contribution in [3.05, 3.63) is 53.6 Å². The molecule has 0 aromatic heterocycles. The monoisotopic (exact) mass is 308 g/mol. The number of carbonyl (C=O) groups excluding carboxylic acids is 1. The molecule has 2 aromatic carbocycles. The molecule has 3 N–H and O–H groups in total. The van der Waals surface area contributed by atoms with Gasteiger partial charge in [0.2, 0.25) is 5.91 Å². The summed E-state index contributed by atoms with van der Waals surface area (Å²) in [5.74, 6) is 0.774. The van der Waals surface area contributed by atoms with Crippen molar-refractivity contribution in [2.75, 3.05) is 18.2 Å². The van der Waals surface area contributed by atoms with E-state index >= 15 is 0 Å². The van der Waals surface area contributed by atoms with E-state index in [1.807, 2.05) is 6.07 Å². The molecule has 23 heavy (non-hydrogen) atoms. The lowest BCUT2D eigenvalue weighted by Gasteiger charge is -2.12. The average Bonchev–Trinajstić information content (AvgIpc) is 3.18. The molecular weight excluding hydrogens is 288 g/mol. The highest BCUT2D eigenvalue weighted by atomic mass is 16.5. The molecule has 2 aliphatic carbocycles. The van der Waals surface area contributed by atoms with E-state index in [1.165, 1.54) is 11.1 Å². The number of anilines is 2. The maximum Gasteiger partial charge on any atom is 0.228 e. The van der Waals surface area contributed by atoms with Gasteiger partial charge in [-0.3, -0.25) is 4.79 Å². The van der Waals surface area contributed by atoms with E-state index < -0.39 is 0 Å². The lowest BCUT2D eigenvalue weighted by atomic mass is 9.95. The molecule has 1 spiro atoms.